The largest absolute Gasteiger partial charge is 0.513 e. The van der Waals surface area contributed by atoms with Gasteiger partial charge in [0.2, 0.25) is 0 Å². The SMILES string of the molecule is C=C(O)C(C/C=C(/O)C(CCCCC)CCC1C(O)C(C)=CC(O)C1C)CC/C=C\C. The predicted molar refractivity (Wildman–Crippen MR) is 130 cm³/mol. The van der Waals surface area contributed by atoms with E-state index in [1.807, 2.05) is 32.9 Å². The summed E-state index contributed by atoms with van der Waals surface area (Å²) < 4.78 is 0. The van der Waals surface area contributed by atoms with E-state index in [4.69, 9.17) is 0 Å². The van der Waals surface area contributed by atoms with E-state index in [0.29, 0.717) is 12.2 Å². The van der Waals surface area contributed by atoms with Crippen molar-refractivity contribution in [2.24, 2.45) is 23.7 Å². The Morgan fingerprint density at radius 1 is 1.13 bits per heavy atom. The van der Waals surface area contributed by atoms with E-state index >= 15 is 0 Å². The molecule has 1 aliphatic rings. The summed E-state index contributed by atoms with van der Waals surface area (Å²) in [4.78, 5) is 0. The third kappa shape index (κ3) is 9.24. The van der Waals surface area contributed by atoms with E-state index < -0.39 is 12.2 Å². The van der Waals surface area contributed by atoms with Crippen LogP contribution in [0.3, 0.4) is 0 Å². The predicted octanol–water partition coefficient (Wildman–Crippen LogP) is 6.77. The molecular formula is C27H46O4. The lowest BCUT2D eigenvalue weighted by molar-refractivity contribution is 0.0267. The van der Waals surface area contributed by atoms with E-state index in [9.17, 15) is 20.4 Å². The molecule has 31 heavy (non-hydrogen) atoms. The lowest BCUT2D eigenvalue weighted by Gasteiger charge is -2.36. The van der Waals surface area contributed by atoms with Crippen LogP contribution in [-0.4, -0.2) is 32.6 Å². The molecule has 178 valence electrons. The molecule has 0 saturated carbocycles. The molecule has 0 spiro atoms. The molecule has 0 amide bonds. The summed E-state index contributed by atoms with van der Waals surface area (Å²) in [5.41, 5.74) is 0.836. The Morgan fingerprint density at radius 3 is 2.45 bits per heavy atom. The van der Waals surface area contributed by atoms with Crippen LogP contribution in [0.5, 0.6) is 0 Å². The number of rotatable bonds is 14. The van der Waals surface area contributed by atoms with E-state index in [1.54, 1.807) is 6.08 Å². The molecule has 0 aliphatic heterocycles. The highest BCUT2D eigenvalue weighted by Gasteiger charge is 2.34. The van der Waals surface area contributed by atoms with Crippen molar-refractivity contribution >= 4 is 0 Å². The van der Waals surface area contributed by atoms with Gasteiger partial charge in [-0.2, -0.15) is 0 Å². The Hall–Kier alpha value is -1.52. The average molecular weight is 435 g/mol. The number of hydrogen-bond donors (Lipinski definition) is 4. The highest BCUT2D eigenvalue weighted by atomic mass is 16.3. The molecule has 1 rings (SSSR count). The molecule has 6 unspecified atom stereocenters. The summed E-state index contributed by atoms with van der Waals surface area (Å²) in [6.07, 6.45) is 14.7. The minimum absolute atomic E-state index is 0.00479. The first kappa shape index (κ1) is 27.5. The van der Waals surface area contributed by atoms with Crippen LogP contribution in [0, 0.1) is 23.7 Å². The topological polar surface area (TPSA) is 80.9 Å². The molecule has 0 aromatic rings. The van der Waals surface area contributed by atoms with Crippen LogP contribution in [0.15, 0.2) is 48.0 Å². The van der Waals surface area contributed by atoms with Crippen LogP contribution in [0.1, 0.15) is 85.5 Å². The van der Waals surface area contributed by atoms with Gasteiger partial charge in [-0.3, -0.25) is 0 Å². The van der Waals surface area contributed by atoms with Crippen molar-refractivity contribution < 1.29 is 20.4 Å². The Labute approximate surface area is 190 Å². The number of allylic oxidation sites excluding steroid dienone is 5. The summed E-state index contributed by atoms with van der Waals surface area (Å²) in [7, 11) is 0. The third-order valence-electron chi connectivity index (χ3n) is 6.94. The zero-order chi connectivity index (χ0) is 23.4. The highest BCUT2D eigenvalue weighted by molar-refractivity contribution is 5.15. The zero-order valence-electron chi connectivity index (χ0n) is 20.1. The summed E-state index contributed by atoms with van der Waals surface area (Å²) in [5, 5.41) is 41.7. The van der Waals surface area contributed by atoms with Crippen LogP contribution < -0.4 is 0 Å². The molecule has 0 aromatic heterocycles. The van der Waals surface area contributed by atoms with Crippen LogP contribution >= 0.6 is 0 Å². The van der Waals surface area contributed by atoms with Gasteiger partial charge in [0.25, 0.3) is 0 Å². The second-order valence-corrected chi connectivity index (χ2v) is 9.34. The van der Waals surface area contributed by atoms with Crippen LogP contribution in [0.25, 0.3) is 0 Å². The number of hydrogen-bond acceptors (Lipinski definition) is 4. The van der Waals surface area contributed by atoms with Crippen LogP contribution in [-0.2, 0) is 0 Å². The smallest absolute Gasteiger partial charge is 0.0913 e. The normalized spacial score (nSPS) is 26.6. The molecule has 0 radical (unpaired) electrons. The first-order valence-electron chi connectivity index (χ1n) is 12.1. The molecule has 4 heteroatoms. The van der Waals surface area contributed by atoms with E-state index in [-0.39, 0.29) is 29.4 Å². The average Bonchev–Trinajstić information content (AvgIpc) is 2.73. The number of aliphatic hydroxyl groups excluding tert-OH is 4. The summed E-state index contributed by atoms with van der Waals surface area (Å²) >= 11 is 0. The quantitative estimate of drug-likeness (QED) is 0.138. The minimum atomic E-state index is -0.533. The van der Waals surface area contributed by atoms with Gasteiger partial charge < -0.3 is 20.4 Å². The van der Waals surface area contributed by atoms with E-state index in [2.05, 4.69) is 19.6 Å². The first-order chi connectivity index (χ1) is 14.7. The highest BCUT2D eigenvalue weighted by Crippen LogP contribution is 2.36. The van der Waals surface area contributed by atoms with Gasteiger partial charge in [-0.15, -0.1) is 0 Å². The lowest BCUT2D eigenvalue weighted by atomic mass is 9.73. The standard InChI is InChI=1S/C27H46O4/c1-6-8-10-12-22(21(5)28)15-17-25(29)23(13-11-9-7-2)14-16-24-20(4)26(30)18-19(3)27(24)31/h6,8,17-18,20,22-24,26-31H,5,7,9-16H2,1-4H3/b8-6-,25-17+. The molecule has 4 nitrogen and oxygen atoms in total. The lowest BCUT2D eigenvalue weighted by Crippen LogP contribution is -2.38. The molecule has 0 saturated heterocycles. The summed E-state index contributed by atoms with van der Waals surface area (Å²) in [6.45, 7) is 11.7. The summed E-state index contributed by atoms with van der Waals surface area (Å²) in [5.74, 6) is 0.531. The molecule has 0 bridgehead atoms. The monoisotopic (exact) mass is 434 g/mol. The molecule has 0 fully saturated rings. The van der Waals surface area contributed by atoms with Crippen molar-refractivity contribution in [2.45, 2.75) is 97.7 Å². The maximum Gasteiger partial charge on any atom is 0.0913 e. The third-order valence-corrected chi connectivity index (χ3v) is 6.94. The van der Waals surface area contributed by atoms with Gasteiger partial charge in [0.15, 0.2) is 0 Å². The molecule has 0 aromatic carbocycles. The van der Waals surface area contributed by atoms with Crippen LogP contribution in [0.2, 0.25) is 0 Å². The van der Waals surface area contributed by atoms with E-state index in [0.717, 1.165) is 56.9 Å². The Balaban J connectivity index is 2.82. The minimum Gasteiger partial charge on any atom is -0.513 e. The Bertz CT molecular complexity index is 619. The van der Waals surface area contributed by atoms with Gasteiger partial charge in [-0.05, 0) is 75.9 Å². The maximum atomic E-state index is 10.9. The molecule has 6 atom stereocenters. The second-order valence-electron chi connectivity index (χ2n) is 9.34. The van der Waals surface area contributed by atoms with Gasteiger partial charge in [0, 0.05) is 11.8 Å². The fraction of sp³-hybridized carbons (Fsp3) is 0.704. The van der Waals surface area contributed by atoms with Crippen molar-refractivity contribution in [1.82, 2.24) is 0 Å². The fourth-order valence-corrected chi connectivity index (χ4v) is 4.61. The molecular weight excluding hydrogens is 388 g/mol. The van der Waals surface area contributed by atoms with Gasteiger partial charge >= 0.3 is 0 Å². The fourth-order valence-electron chi connectivity index (χ4n) is 4.61. The van der Waals surface area contributed by atoms with Crippen molar-refractivity contribution in [3.63, 3.8) is 0 Å². The zero-order valence-corrected chi connectivity index (χ0v) is 20.1. The maximum absolute atomic E-state index is 10.9. The number of aliphatic hydroxyl groups is 4. The Kier molecular flexibility index (Phi) is 12.9. The number of unbranched alkanes of at least 4 members (excludes halogenated alkanes) is 2. The summed E-state index contributed by atoms with van der Waals surface area (Å²) in [6, 6.07) is 0. The molecule has 0 heterocycles. The second kappa shape index (κ2) is 14.5. The Morgan fingerprint density at radius 2 is 1.84 bits per heavy atom. The van der Waals surface area contributed by atoms with Gasteiger partial charge in [0.1, 0.15) is 0 Å². The van der Waals surface area contributed by atoms with Crippen LogP contribution in [0.4, 0.5) is 0 Å². The van der Waals surface area contributed by atoms with Crippen molar-refractivity contribution in [2.75, 3.05) is 0 Å². The van der Waals surface area contributed by atoms with Crippen molar-refractivity contribution in [1.29, 1.82) is 0 Å². The first-order valence-corrected chi connectivity index (χ1v) is 12.1. The van der Waals surface area contributed by atoms with Gasteiger partial charge in [-0.1, -0.05) is 57.9 Å². The van der Waals surface area contributed by atoms with Crippen molar-refractivity contribution in [3.8, 4) is 0 Å². The van der Waals surface area contributed by atoms with Gasteiger partial charge in [-0.25, -0.2) is 0 Å². The van der Waals surface area contributed by atoms with Gasteiger partial charge in [0.05, 0.1) is 23.7 Å². The van der Waals surface area contributed by atoms with E-state index in [1.165, 1.54) is 0 Å². The van der Waals surface area contributed by atoms with Crippen molar-refractivity contribution in [3.05, 3.63) is 48.0 Å². The molecule has 4 N–H and O–H groups in total. The molecule has 1 aliphatic carbocycles.